The summed E-state index contributed by atoms with van der Waals surface area (Å²) in [6.45, 7) is 2.51. The number of nitrogens with one attached hydrogen (secondary N) is 1. The number of carbonyl (C=O) groups is 1. The van der Waals surface area contributed by atoms with Gasteiger partial charge in [-0.05, 0) is 25.1 Å². The summed E-state index contributed by atoms with van der Waals surface area (Å²) in [4.78, 5) is 11.9. The first-order valence-electron chi connectivity index (χ1n) is 5.94. The van der Waals surface area contributed by atoms with Gasteiger partial charge < -0.3 is 11.1 Å². The number of nitrogens with two attached hydrogens (primary N) is 1. The van der Waals surface area contributed by atoms with E-state index in [4.69, 9.17) is 5.73 Å². The van der Waals surface area contributed by atoms with Gasteiger partial charge in [0.25, 0.3) is 5.91 Å². The van der Waals surface area contributed by atoms with Crippen LogP contribution in [0.4, 0.5) is 0 Å². The summed E-state index contributed by atoms with van der Waals surface area (Å²) >= 11 is 0. The van der Waals surface area contributed by atoms with Crippen molar-refractivity contribution in [1.82, 2.24) is 5.32 Å². The first kappa shape index (κ1) is 15.4. The molecule has 1 amide bonds. The Morgan fingerprint density at radius 1 is 1.53 bits per heavy atom. The molecule has 1 rings (SSSR count). The van der Waals surface area contributed by atoms with E-state index >= 15 is 0 Å². The van der Waals surface area contributed by atoms with Gasteiger partial charge in [0.15, 0.2) is 0 Å². The van der Waals surface area contributed by atoms with Crippen LogP contribution in [0.2, 0.25) is 0 Å². The number of carbonyl (C=O) groups excluding carboxylic acids is 1. The zero-order chi connectivity index (χ0) is 14.3. The van der Waals surface area contributed by atoms with Crippen molar-refractivity contribution in [2.75, 3.05) is 19.3 Å². The van der Waals surface area contributed by atoms with Crippen LogP contribution in [-0.4, -0.2) is 34.7 Å². The number of rotatable bonds is 4. The van der Waals surface area contributed by atoms with Crippen LogP contribution in [0, 0.1) is 11.8 Å². The molecule has 5 heteroatoms. The molecule has 2 unspecified atom stereocenters. The van der Waals surface area contributed by atoms with Crippen molar-refractivity contribution in [3.63, 3.8) is 0 Å². The molecule has 0 aliphatic carbocycles. The number of amides is 1. The topological polar surface area (TPSA) is 72.2 Å². The van der Waals surface area contributed by atoms with Crippen LogP contribution >= 0.6 is 0 Å². The fourth-order valence-corrected chi connectivity index (χ4v) is 1.67. The number of benzene rings is 1. The van der Waals surface area contributed by atoms with Crippen molar-refractivity contribution in [1.29, 1.82) is 0 Å². The second kappa shape index (κ2) is 7.72. The third kappa shape index (κ3) is 5.25. The maximum Gasteiger partial charge on any atom is 0.251 e. The molecule has 0 fully saturated rings. The molecular weight excluding hydrogens is 260 g/mol. The third-order valence-electron chi connectivity index (χ3n) is 2.58. The fraction of sp³-hybridized carbons (Fsp3) is 0.357. The van der Waals surface area contributed by atoms with Crippen molar-refractivity contribution in [3.8, 4) is 11.8 Å². The maximum absolute atomic E-state index is 11.9. The largest absolute Gasteiger partial charge is 0.351 e. The van der Waals surface area contributed by atoms with Crippen LogP contribution in [0.3, 0.4) is 0 Å². The van der Waals surface area contributed by atoms with Gasteiger partial charge in [0, 0.05) is 40.0 Å². The second-order valence-corrected chi connectivity index (χ2v) is 5.91. The lowest BCUT2D eigenvalue weighted by Crippen LogP contribution is -2.32. The van der Waals surface area contributed by atoms with E-state index in [2.05, 4.69) is 17.2 Å². The van der Waals surface area contributed by atoms with Gasteiger partial charge in [0.2, 0.25) is 0 Å². The van der Waals surface area contributed by atoms with E-state index in [1.54, 1.807) is 24.5 Å². The Kier molecular flexibility index (Phi) is 6.26. The van der Waals surface area contributed by atoms with Crippen LogP contribution in [0.5, 0.6) is 0 Å². The van der Waals surface area contributed by atoms with E-state index < -0.39 is 10.8 Å². The van der Waals surface area contributed by atoms with Crippen LogP contribution < -0.4 is 11.1 Å². The van der Waals surface area contributed by atoms with Gasteiger partial charge in [-0.2, -0.15) is 0 Å². The van der Waals surface area contributed by atoms with E-state index in [1.807, 2.05) is 13.0 Å². The van der Waals surface area contributed by atoms with Gasteiger partial charge in [0.05, 0.1) is 6.54 Å². The lowest BCUT2D eigenvalue weighted by molar-refractivity contribution is 0.0954. The summed E-state index contributed by atoms with van der Waals surface area (Å²) in [6, 6.07) is 7.03. The van der Waals surface area contributed by atoms with Crippen LogP contribution in [0.25, 0.3) is 0 Å². The Morgan fingerprint density at radius 2 is 2.26 bits per heavy atom. The molecule has 0 aliphatic rings. The minimum Gasteiger partial charge on any atom is -0.351 e. The number of hydrogen-bond acceptors (Lipinski definition) is 3. The summed E-state index contributed by atoms with van der Waals surface area (Å²) in [6.07, 6.45) is 1.62. The Balaban J connectivity index is 2.69. The molecule has 0 radical (unpaired) electrons. The van der Waals surface area contributed by atoms with E-state index in [0.717, 1.165) is 5.56 Å². The predicted octanol–water partition coefficient (Wildman–Crippen LogP) is 0.494. The Labute approximate surface area is 116 Å². The van der Waals surface area contributed by atoms with E-state index in [-0.39, 0.29) is 17.7 Å². The van der Waals surface area contributed by atoms with Gasteiger partial charge in [-0.15, -0.1) is 0 Å². The lowest BCUT2D eigenvalue weighted by atomic mass is 10.1. The zero-order valence-electron chi connectivity index (χ0n) is 11.1. The lowest BCUT2D eigenvalue weighted by Gasteiger charge is -2.10. The van der Waals surface area contributed by atoms with Crippen molar-refractivity contribution in [2.24, 2.45) is 5.73 Å². The molecule has 19 heavy (non-hydrogen) atoms. The molecule has 4 nitrogen and oxygen atoms in total. The van der Waals surface area contributed by atoms with E-state index in [9.17, 15) is 9.00 Å². The van der Waals surface area contributed by atoms with Crippen LogP contribution in [0.1, 0.15) is 22.8 Å². The average molecular weight is 278 g/mol. The maximum atomic E-state index is 11.9. The summed E-state index contributed by atoms with van der Waals surface area (Å²) in [5, 5.41) is 2.69. The quantitative estimate of drug-likeness (QED) is 0.788. The minimum absolute atomic E-state index is 0.0656. The normalized spacial score (nSPS) is 13.0. The second-order valence-electron chi connectivity index (χ2n) is 4.11. The Morgan fingerprint density at radius 3 is 2.89 bits per heavy atom. The molecule has 102 valence electrons. The van der Waals surface area contributed by atoms with Gasteiger partial charge >= 0.3 is 0 Å². The van der Waals surface area contributed by atoms with Gasteiger partial charge in [0.1, 0.15) is 0 Å². The van der Waals surface area contributed by atoms with Gasteiger partial charge in [-0.3, -0.25) is 9.00 Å². The molecule has 3 N–H and O–H groups in total. The molecular formula is C14H18N2O2S. The highest BCUT2D eigenvalue weighted by atomic mass is 32.2. The number of hydrogen-bond donors (Lipinski definition) is 2. The van der Waals surface area contributed by atoms with E-state index in [0.29, 0.717) is 12.1 Å². The molecule has 0 saturated carbocycles. The van der Waals surface area contributed by atoms with Gasteiger partial charge in [-0.1, -0.05) is 17.9 Å². The van der Waals surface area contributed by atoms with Crippen LogP contribution in [0.15, 0.2) is 24.3 Å². The molecule has 1 aromatic rings. The molecule has 0 spiro atoms. The Bertz CT molecular complexity index is 532. The van der Waals surface area contributed by atoms with Gasteiger partial charge in [-0.25, -0.2) is 0 Å². The van der Waals surface area contributed by atoms with Crippen LogP contribution in [-0.2, 0) is 10.8 Å². The summed E-state index contributed by atoms with van der Waals surface area (Å²) in [5.41, 5.74) is 6.60. The van der Waals surface area contributed by atoms with Crippen molar-refractivity contribution in [3.05, 3.63) is 35.4 Å². The molecule has 2 atom stereocenters. The third-order valence-corrected chi connectivity index (χ3v) is 3.88. The first-order chi connectivity index (χ1) is 9.04. The highest BCUT2D eigenvalue weighted by Gasteiger charge is 2.10. The fourth-order valence-electron chi connectivity index (χ4n) is 1.35. The SMILES string of the molecule is CC(CNC(=O)c1cccc(C#CCN)c1)S(C)=O. The minimum atomic E-state index is -0.943. The van der Waals surface area contributed by atoms with Crippen molar-refractivity contribution in [2.45, 2.75) is 12.2 Å². The monoisotopic (exact) mass is 278 g/mol. The highest BCUT2D eigenvalue weighted by Crippen LogP contribution is 2.04. The zero-order valence-corrected chi connectivity index (χ0v) is 11.9. The van der Waals surface area contributed by atoms with Crippen molar-refractivity contribution >= 4 is 16.7 Å². The summed E-state index contributed by atoms with van der Waals surface area (Å²) in [5.74, 6) is 5.43. The molecule has 0 heterocycles. The first-order valence-corrected chi connectivity index (χ1v) is 7.56. The van der Waals surface area contributed by atoms with E-state index in [1.165, 1.54) is 0 Å². The summed E-state index contributed by atoms with van der Waals surface area (Å²) < 4.78 is 11.2. The molecule has 0 aliphatic heterocycles. The summed E-state index contributed by atoms with van der Waals surface area (Å²) in [7, 11) is -0.943. The molecule has 1 aromatic carbocycles. The molecule has 0 saturated heterocycles. The predicted molar refractivity (Wildman–Crippen MR) is 78.2 cm³/mol. The average Bonchev–Trinajstić information content (AvgIpc) is 2.42. The standard InChI is InChI=1S/C14H18N2O2S/c1-11(19(2)18)10-16-14(17)13-7-3-5-12(9-13)6-4-8-15/h3,5,7,9,11H,8,10,15H2,1-2H3,(H,16,17). The van der Waals surface area contributed by atoms with Crippen molar-refractivity contribution < 1.29 is 9.00 Å². The Hall–Kier alpha value is -1.64. The highest BCUT2D eigenvalue weighted by molar-refractivity contribution is 7.84. The molecule has 0 aromatic heterocycles. The molecule has 0 bridgehead atoms. The smallest absolute Gasteiger partial charge is 0.251 e.